The highest BCUT2D eigenvalue weighted by Crippen LogP contribution is 2.25. The predicted molar refractivity (Wildman–Crippen MR) is 144 cm³/mol. The molecule has 184 valence electrons. The minimum absolute atomic E-state index is 0.126. The summed E-state index contributed by atoms with van der Waals surface area (Å²) in [6.45, 7) is 0.240. The van der Waals surface area contributed by atoms with Crippen LogP contribution in [0.4, 0.5) is 0 Å². The predicted octanol–water partition coefficient (Wildman–Crippen LogP) is 5.62. The molecule has 3 rings (SSSR count). The highest BCUT2D eigenvalue weighted by atomic mass is 35.5. The molecular weight excluding hydrogens is 503 g/mol. The average molecular weight is 532 g/mol. The van der Waals surface area contributed by atoms with Crippen LogP contribution < -0.4 is 10.1 Å². The maximum atomic E-state index is 13.5. The number of carbonyl (C=O) groups excluding carboxylic acids is 2. The van der Waals surface area contributed by atoms with Crippen molar-refractivity contribution in [2.75, 3.05) is 19.9 Å². The Morgan fingerprint density at radius 2 is 1.63 bits per heavy atom. The molecule has 0 unspecified atom stereocenters. The first-order valence-corrected chi connectivity index (χ1v) is 13.0. The summed E-state index contributed by atoms with van der Waals surface area (Å²) in [5.41, 5.74) is 2.86. The molecule has 1 N–H and O–H groups in total. The Bertz CT molecular complexity index is 1130. The van der Waals surface area contributed by atoms with Gasteiger partial charge in [-0.15, -0.1) is 11.8 Å². The zero-order valence-corrected chi connectivity index (χ0v) is 22.0. The smallest absolute Gasteiger partial charge is 0.242 e. The number of ether oxygens (including phenoxy) is 1. The first kappa shape index (κ1) is 26.9. The molecule has 8 heteroatoms. The van der Waals surface area contributed by atoms with Crippen LogP contribution in [0, 0.1) is 0 Å². The molecule has 35 heavy (non-hydrogen) atoms. The van der Waals surface area contributed by atoms with Gasteiger partial charge in [-0.05, 0) is 41.0 Å². The maximum Gasteiger partial charge on any atom is 0.242 e. The molecule has 3 aromatic rings. The lowest BCUT2D eigenvalue weighted by atomic mass is 10.0. The van der Waals surface area contributed by atoms with Crippen molar-refractivity contribution in [1.29, 1.82) is 0 Å². The van der Waals surface area contributed by atoms with Gasteiger partial charge in [0.15, 0.2) is 0 Å². The number of methoxy groups -OCH3 is 1. The molecule has 0 aliphatic heterocycles. The second-order valence-corrected chi connectivity index (χ2v) is 9.73. The van der Waals surface area contributed by atoms with Gasteiger partial charge in [0.05, 0.1) is 22.9 Å². The van der Waals surface area contributed by atoms with Crippen molar-refractivity contribution in [3.8, 4) is 5.75 Å². The SMILES string of the molecule is CNC(=O)[C@@H](Cc1ccccc1)N(Cc1ccc(Cl)c(Cl)c1)C(=O)CSCc1ccc(OC)cc1. The van der Waals surface area contributed by atoms with Crippen LogP contribution in [0.1, 0.15) is 16.7 Å². The van der Waals surface area contributed by atoms with E-state index < -0.39 is 6.04 Å². The molecule has 0 radical (unpaired) electrons. The zero-order chi connectivity index (χ0) is 25.2. The molecule has 0 saturated carbocycles. The van der Waals surface area contributed by atoms with E-state index in [2.05, 4.69) is 5.32 Å². The summed E-state index contributed by atoms with van der Waals surface area (Å²) < 4.78 is 5.20. The van der Waals surface area contributed by atoms with Gasteiger partial charge in [-0.2, -0.15) is 0 Å². The first-order valence-electron chi connectivity index (χ1n) is 11.1. The van der Waals surface area contributed by atoms with Crippen LogP contribution in [0.25, 0.3) is 0 Å². The van der Waals surface area contributed by atoms with Crippen molar-refractivity contribution in [1.82, 2.24) is 10.2 Å². The Morgan fingerprint density at radius 3 is 2.26 bits per heavy atom. The lowest BCUT2D eigenvalue weighted by molar-refractivity contribution is -0.139. The van der Waals surface area contributed by atoms with E-state index in [0.29, 0.717) is 22.2 Å². The van der Waals surface area contributed by atoms with Crippen molar-refractivity contribution < 1.29 is 14.3 Å². The number of amides is 2. The van der Waals surface area contributed by atoms with E-state index in [9.17, 15) is 9.59 Å². The number of likely N-dealkylation sites (N-methyl/N-ethyl adjacent to an activating group) is 1. The lowest BCUT2D eigenvalue weighted by Crippen LogP contribution is -2.50. The number of benzene rings is 3. The molecule has 5 nitrogen and oxygen atoms in total. The second kappa shape index (κ2) is 13.4. The molecule has 2 amide bonds. The fourth-order valence-electron chi connectivity index (χ4n) is 3.62. The third kappa shape index (κ3) is 7.92. The fourth-order valence-corrected chi connectivity index (χ4v) is 4.81. The fraction of sp³-hybridized carbons (Fsp3) is 0.259. The van der Waals surface area contributed by atoms with Gasteiger partial charge >= 0.3 is 0 Å². The Morgan fingerprint density at radius 1 is 0.943 bits per heavy atom. The van der Waals surface area contributed by atoms with Gasteiger partial charge in [-0.25, -0.2) is 0 Å². The molecule has 1 atom stereocenters. The zero-order valence-electron chi connectivity index (χ0n) is 19.7. The molecule has 0 aliphatic carbocycles. The summed E-state index contributed by atoms with van der Waals surface area (Å²) >= 11 is 13.8. The summed E-state index contributed by atoms with van der Waals surface area (Å²) in [7, 11) is 3.21. The summed E-state index contributed by atoms with van der Waals surface area (Å²) in [5, 5.41) is 3.57. The summed E-state index contributed by atoms with van der Waals surface area (Å²) in [6.07, 6.45) is 0.400. The topological polar surface area (TPSA) is 58.6 Å². The van der Waals surface area contributed by atoms with Crippen LogP contribution in [-0.2, 0) is 28.3 Å². The quantitative estimate of drug-likeness (QED) is 0.349. The molecule has 0 aromatic heterocycles. The van der Waals surface area contributed by atoms with Crippen molar-refractivity contribution >= 4 is 46.8 Å². The van der Waals surface area contributed by atoms with Crippen LogP contribution in [0.2, 0.25) is 10.0 Å². The molecule has 3 aromatic carbocycles. The van der Waals surface area contributed by atoms with Crippen LogP contribution in [0.5, 0.6) is 5.75 Å². The van der Waals surface area contributed by atoms with Gasteiger partial charge in [0.2, 0.25) is 11.8 Å². The lowest BCUT2D eigenvalue weighted by Gasteiger charge is -2.31. The van der Waals surface area contributed by atoms with Crippen molar-refractivity contribution in [2.45, 2.75) is 24.8 Å². The van der Waals surface area contributed by atoms with Crippen LogP contribution in [-0.4, -0.2) is 42.7 Å². The molecule has 0 spiro atoms. The monoisotopic (exact) mass is 530 g/mol. The number of nitrogens with one attached hydrogen (secondary N) is 1. The number of thioether (sulfide) groups is 1. The van der Waals surface area contributed by atoms with Gasteiger partial charge in [0.25, 0.3) is 0 Å². The minimum atomic E-state index is -0.675. The van der Waals surface area contributed by atoms with Gasteiger partial charge in [0.1, 0.15) is 11.8 Å². The van der Waals surface area contributed by atoms with Crippen molar-refractivity contribution in [3.63, 3.8) is 0 Å². The Kier molecular flexibility index (Phi) is 10.3. The number of halogens is 2. The van der Waals surface area contributed by atoms with Gasteiger partial charge in [0, 0.05) is 25.8 Å². The standard InChI is InChI=1S/C27H28Cl2N2O3S/c1-30-27(33)25(15-19-6-4-3-5-7-19)31(16-21-10-13-23(28)24(29)14-21)26(32)18-35-17-20-8-11-22(34-2)12-9-20/h3-14,25H,15-18H2,1-2H3,(H,30,33)/t25-/m1/s1. The molecule has 0 bridgehead atoms. The average Bonchev–Trinajstić information content (AvgIpc) is 2.88. The largest absolute Gasteiger partial charge is 0.497 e. The highest BCUT2D eigenvalue weighted by Gasteiger charge is 2.29. The number of rotatable bonds is 11. The van der Waals surface area contributed by atoms with E-state index in [1.807, 2.05) is 60.7 Å². The molecule has 0 fully saturated rings. The molecule has 0 heterocycles. The van der Waals surface area contributed by atoms with Gasteiger partial charge in [-0.3, -0.25) is 9.59 Å². The summed E-state index contributed by atoms with van der Waals surface area (Å²) in [5.74, 6) is 1.34. The number of carbonyl (C=O) groups is 2. The maximum absolute atomic E-state index is 13.5. The number of hydrogen-bond donors (Lipinski definition) is 1. The van der Waals surface area contributed by atoms with E-state index >= 15 is 0 Å². The highest BCUT2D eigenvalue weighted by molar-refractivity contribution is 7.99. The first-order chi connectivity index (χ1) is 16.9. The van der Waals surface area contributed by atoms with Gasteiger partial charge < -0.3 is 15.0 Å². The van der Waals surface area contributed by atoms with Gasteiger partial charge in [-0.1, -0.05) is 71.7 Å². The Balaban J connectivity index is 1.80. The molecular formula is C27H28Cl2N2O3S. The normalized spacial score (nSPS) is 11.5. The van der Waals surface area contributed by atoms with E-state index in [1.165, 1.54) is 11.8 Å². The van der Waals surface area contributed by atoms with E-state index in [-0.39, 0.29) is 24.1 Å². The molecule has 0 aliphatic rings. The van der Waals surface area contributed by atoms with Crippen LogP contribution in [0.15, 0.2) is 72.8 Å². The minimum Gasteiger partial charge on any atom is -0.497 e. The summed E-state index contributed by atoms with van der Waals surface area (Å²) in [6, 6.07) is 22.0. The van der Waals surface area contributed by atoms with E-state index in [4.69, 9.17) is 27.9 Å². The van der Waals surface area contributed by atoms with Crippen molar-refractivity contribution in [2.24, 2.45) is 0 Å². The van der Waals surface area contributed by atoms with Crippen LogP contribution in [0.3, 0.4) is 0 Å². The third-order valence-electron chi connectivity index (χ3n) is 5.51. The second-order valence-electron chi connectivity index (χ2n) is 7.93. The molecule has 0 saturated heterocycles. The van der Waals surface area contributed by atoms with Crippen LogP contribution >= 0.6 is 35.0 Å². The number of nitrogens with zero attached hydrogens (tertiary/aromatic N) is 1. The Labute approximate surface area is 220 Å². The van der Waals surface area contributed by atoms with E-state index in [1.54, 1.807) is 31.2 Å². The van der Waals surface area contributed by atoms with E-state index in [0.717, 1.165) is 22.4 Å². The van der Waals surface area contributed by atoms with Crippen molar-refractivity contribution in [3.05, 3.63) is 99.5 Å². The Hall–Kier alpha value is -2.67. The summed E-state index contributed by atoms with van der Waals surface area (Å²) in [4.78, 5) is 28.1. The number of hydrogen-bond acceptors (Lipinski definition) is 4. The third-order valence-corrected chi connectivity index (χ3v) is 7.24.